The number of hydrogen-bond donors (Lipinski definition) is 1. The van der Waals surface area contributed by atoms with Crippen LogP contribution in [0.25, 0.3) is 22.2 Å². The van der Waals surface area contributed by atoms with Gasteiger partial charge in [0.15, 0.2) is 0 Å². The maximum atomic E-state index is 12.9. The molecule has 0 aliphatic heterocycles. The van der Waals surface area contributed by atoms with E-state index in [4.69, 9.17) is 4.74 Å². The molecule has 0 saturated heterocycles. The molecule has 134 valence electrons. The molecule has 3 aromatic rings. The van der Waals surface area contributed by atoms with E-state index >= 15 is 0 Å². The molecule has 0 bridgehead atoms. The van der Waals surface area contributed by atoms with Crippen molar-refractivity contribution in [3.8, 4) is 17.0 Å². The van der Waals surface area contributed by atoms with Gasteiger partial charge in [0.05, 0.1) is 28.9 Å². The molecular formula is C19H14F3NO3. The van der Waals surface area contributed by atoms with Gasteiger partial charge in [-0.25, -0.2) is 9.78 Å². The summed E-state index contributed by atoms with van der Waals surface area (Å²) in [5.41, 5.74) is -0.115. The molecule has 1 heterocycles. The second kappa shape index (κ2) is 6.67. The molecule has 0 unspecified atom stereocenters. The summed E-state index contributed by atoms with van der Waals surface area (Å²) >= 11 is 0. The lowest BCUT2D eigenvalue weighted by Crippen LogP contribution is -2.06. The fourth-order valence-corrected chi connectivity index (χ4v) is 2.68. The van der Waals surface area contributed by atoms with Gasteiger partial charge in [0.25, 0.3) is 0 Å². The molecule has 1 N–H and O–H groups in total. The first kappa shape index (κ1) is 17.7. The minimum atomic E-state index is -4.57. The molecular weight excluding hydrogens is 347 g/mol. The smallest absolute Gasteiger partial charge is 0.416 e. The fraction of sp³-hybridized carbons (Fsp3) is 0.158. The molecule has 0 aliphatic rings. The first-order valence-corrected chi connectivity index (χ1v) is 7.78. The van der Waals surface area contributed by atoms with Crippen molar-refractivity contribution in [2.75, 3.05) is 6.61 Å². The van der Waals surface area contributed by atoms with Gasteiger partial charge >= 0.3 is 12.1 Å². The number of nitrogens with zero attached hydrogens (tertiary/aromatic N) is 1. The van der Waals surface area contributed by atoms with Crippen LogP contribution in [0.3, 0.4) is 0 Å². The Kier molecular flexibility index (Phi) is 4.54. The highest BCUT2D eigenvalue weighted by Crippen LogP contribution is 2.35. The number of carboxylic acids is 1. The number of aromatic nitrogens is 1. The predicted octanol–water partition coefficient (Wildman–Crippen LogP) is 5.02. The molecule has 0 atom stereocenters. The van der Waals surface area contributed by atoms with Crippen LogP contribution in [0.5, 0.6) is 5.75 Å². The average Bonchev–Trinajstić information content (AvgIpc) is 2.60. The van der Waals surface area contributed by atoms with Crippen molar-refractivity contribution in [3.63, 3.8) is 0 Å². The van der Waals surface area contributed by atoms with Crippen molar-refractivity contribution in [3.05, 3.63) is 59.7 Å². The van der Waals surface area contributed by atoms with Crippen molar-refractivity contribution in [1.29, 1.82) is 0 Å². The van der Waals surface area contributed by atoms with Crippen LogP contribution in [-0.4, -0.2) is 22.7 Å². The van der Waals surface area contributed by atoms with E-state index in [9.17, 15) is 23.1 Å². The topological polar surface area (TPSA) is 59.4 Å². The molecule has 1 aromatic heterocycles. The Hall–Kier alpha value is -3.09. The number of ether oxygens (including phenoxy) is 1. The maximum Gasteiger partial charge on any atom is 0.416 e. The summed E-state index contributed by atoms with van der Waals surface area (Å²) in [6, 6.07) is 11.1. The van der Waals surface area contributed by atoms with Crippen molar-refractivity contribution in [2.24, 2.45) is 0 Å². The normalized spacial score (nSPS) is 11.5. The van der Waals surface area contributed by atoms with Gasteiger partial charge in [0.1, 0.15) is 5.75 Å². The van der Waals surface area contributed by atoms with Crippen LogP contribution < -0.4 is 4.74 Å². The molecule has 3 rings (SSSR count). The molecule has 0 amide bonds. The molecule has 4 nitrogen and oxygen atoms in total. The van der Waals surface area contributed by atoms with Crippen LogP contribution >= 0.6 is 0 Å². The van der Waals surface area contributed by atoms with Crippen molar-refractivity contribution in [2.45, 2.75) is 13.1 Å². The first-order chi connectivity index (χ1) is 12.3. The number of alkyl halides is 3. The third-order valence-electron chi connectivity index (χ3n) is 3.83. The lowest BCUT2D eigenvalue weighted by atomic mass is 10.0. The summed E-state index contributed by atoms with van der Waals surface area (Å²) < 4.78 is 44.4. The Morgan fingerprint density at radius 3 is 2.54 bits per heavy atom. The number of carboxylic acid groups (broad SMARTS) is 1. The second-order valence-corrected chi connectivity index (χ2v) is 5.52. The zero-order chi connectivity index (χ0) is 18.9. The Morgan fingerprint density at radius 1 is 1.15 bits per heavy atom. The Bertz CT molecular complexity index is 983. The monoisotopic (exact) mass is 361 g/mol. The Balaban J connectivity index is 2.26. The summed E-state index contributed by atoms with van der Waals surface area (Å²) in [6.45, 7) is 2.22. The van der Waals surface area contributed by atoms with Crippen LogP contribution in [-0.2, 0) is 6.18 Å². The lowest BCUT2D eigenvalue weighted by Gasteiger charge is -2.13. The number of aromatic carboxylic acids is 1. The second-order valence-electron chi connectivity index (χ2n) is 5.52. The van der Waals surface area contributed by atoms with E-state index in [-0.39, 0.29) is 16.5 Å². The molecule has 0 saturated carbocycles. The molecule has 2 aromatic carbocycles. The highest BCUT2D eigenvalue weighted by molar-refractivity contribution is 6.04. The third-order valence-corrected chi connectivity index (χ3v) is 3.83. The zero-order valence-corrected chi connectivity index (χ0v) is 13.7. The summed E-state index contributed by atoms with van der Waals surface area (Å²) in [6.07, 6.45) is -4.57. The number of rotatable bonds is 4. The van der Waals surface area contributed by atoms with Crippen LogP contribution in [0, 0.1) is 0 Å². The molecule has 7 heteroatoms. The van der Waals surface area contributed by atoms with Gasteiger partial charge in [0.2, 0.25) is 0 Å². The Morgan fingerprint density at radius 2 is 1.88 bits per heavy atom. The van der Waals surface area contributed by atoms with Gasteiger partial charge in [-0.2, -0.15) is 13.2 Å². The largest absolute Gasteiger partial charge is 0.493 e. The van der Waals surface area contributed by atoms with Gasteiger partial charge in [-0.15, -0.1) is 0 Å². The van der Waals surface area contributed by atoms with E-state index in [1.165, 1.54) is 12.1 Å². The zero-order valence-electron chi connectivity index (χ0n) is 13.7. The predicted molar refractivity (Wildman–Crippen MR) is 90.3 cm³/mol. The van der Waals surface area contributed by atoms with Gasteiger partial charge in [-0.1, -0.05) is 12.1 Å². The number of halogens is 3. The van der Waals surface area contributed by atoms with Gasteiger partial charge in [-0.3, -0.25) is 0 Å². The summed E-state index contributed by atoms with van der Waals surface area (Å²) in [5.74, 6) is -0.808. The average molecular weight is 361 g/mol. The highest BCUT2D eigenvalue weighted by atomic mass is 19.4. The molecule has 0 aliphatic carbocycles. The summed E-state index contributed by atoms with van der Waals surface area (Å²) in [5, 5.41) is 9.42. The van der Waals surface area contributed by atoms with Gasteiger partial charge in [-0.05, 0) is 43.3 Å². The number of para-hydroxylation sites is 1. The van der Waals surface area contributed by atoms with Crippen molar-refractivity contribution >= 4 is 16.9 Å². The van der Waals surface area contributed by atoms with Crippen LogP contribution in [0.15, 0.2) is 48.5 Å². The van der Waals surface area contributed by atoms with Crippen LogP contribution in [0.1, 0.15) is 22.8 Å². The molecule has 0 spiro atoms. The fourth-order valence-electron chi connectivity index (χ4n) is 2.68. The van der Waals surface area contributed by atoms with Crippen molar-refractivity contribution in [1.82, 2.24) is 4.98 Å². The number of benzene rings is 2. The summed E-state index contributed by atoms with van der Waals surface area (Å²) in [7, 11) is 0. The minimum Gasteiger partial charge on any atom is -0.493 e. The third kappa shape index (κ3) is 3.33. The quantitative estimate of drug-likeness (QED) is 0.709. The van der Waals surface area contributed by atoms with Gasteiger partial charge < -0.3 is 9.84 Å². The number of hydrogen-bond acceptors (Lipinski definition) is 3. The van der Waals surface area contributed by atoms with Crippen LogP contribution in [0.2, 0.25) is 0 Å². The molecule has 0 radical (unpaired) electrons. The van der Waals surface area contributed by atoms with E-state index < -0.39 is 17.7 Å². The lowest BCUT2D eigenvalue weighted by molar-refractivity contribution is -0.137. The minimum absolute atomic E-state index is 0.0648. The summed E-state index contributed by atoms with van der Waals surface area (Å²) in [4.78, 5) is 16.0. The SMILES string of the molecule is CCOc1ccccc1-c1cc(C(=O)O)c2cc(C(F)(F)F)ccc2n1. The first-order valence-electron chi connectivity index (χ1n) is 7.78. The van der Waals surface area contributed by atoms with Gasteiger partial charge in [0, 0.05) is 10.9 Å². The highest BCUT2D eigenvalue weighted by Gasteiger charge is 2.31. The van der Waals surface area contributed by atoms with E-state index in [2.05, 4.69) is 4.98 Å². The van der Waals surface area contributed by atoms with E-state index in [0.29, 0.717) is 23.6 Å². The van der Waals surface area contributed by atoms with E-state index in [1.807, 2.05) is 6.92 Å². The van der Waals surface area contributed by atoms with Crippen molar-refractivity contribution < 1.29 is 27.8 Å². The van der Waals surface area contributed by atoms with E-state index in [1.54, 1.807) is 24.3 Å². The standard InChI is InChI=1S/C19H14F3NO3/c1-2-26-17-6-4-3-5-12(17)16-10-14(18(24)25)13-9-11(19(20,21)22)7-8-15(13)23-16/h3-10H,2H2,1H3,(H,24,25). The Labute approximate surface area is 146 Å². The van der Waals surface area contributed by atoms with Crippen LogP contribution in [0.4, 0.5) is 13.2 Å². The number of pyridine rings is 1. The molecule has 26 heavy (non-hydrogen) atoms. The number of fused-ring (bicyclic) bond motifs is 1. The number of carbonyl (C=O) groups is 1. The van der Waals surface area contributed by atoms with E-state index in [0.717, 1.165) is 12.1 Å². The molecule has 0 fully saturated rings. The maximum absolute atomic E-state index is 12.9.